The van der Waals surface area contributed by atoms with Gasteiger partial charge in [0.2, 0.25) is 5.88 Å². The van der Waals surface area contributed by atoms with E-state index in [0.29, 0.717) is 11.0 Å². The van der Waals surface area contributed by atoms with E-state index in [4.69, 9.17) is 8.83 Å². The first-order valence-electron chi connectivity index (χ1n) is 7.96. The number of anilines is 1. The molecule has 0 saturated heterocycles. The number of nitrogens with zero attached hydrogens (tertiary/aromatic N) is 1. The lowest BCUT2D eigenvalue weighted by Crippen LogP contribution is -2.10. The number of nitrogens with one attached hydrogen (secondary N) is 1. The molecular weight excluding hydrogens is 348 g/mol. The van der Waals surface area contributed by atoms with Crippen molar-refractivity contribution < 1.29 is 18.4 Å². The van der Waals surface area contributed by atoms with Crippen LogP contribution in [-0.2, 0) is 4.79 Å². The number of hydrogen-bond donors (Lipinski definition) is 1. The van der Waals surface area contributed by atoms with Crippen LogP contribution >= 0.6 is 0 Å². The molecule has 2 aromatic heterocycles. The van der Waals surface area contributed by atoms with Crippen molar-refractivity contribution >= 4 is 34.6 Å². The van der Waals surface area contributed by atoms with Crippen LogP contribution in [0.15, 0.2) is 50.2 Å². The summed E-state index contributed by atoms with van der Waals surface area (Å²) >= 11 is 0. The number of rotatable bonds is 4. The van der Waals surface area contributed by atoms with Crippen molar-refractivity contribution in [3.63, 3.8) is 0 Å². The molecule has 0 atom stereocenters. The number of aryl methyl sites for hydroxylation is 1. The third-order valence-corrected chi connectivity index (χ3v) is 3.91. The van der Waals surface area contributed by atoms with Crippen LogP contribution in [0.4, 0.5) is 5.88 Å². The monoisotopic (exact) mass is 362 g/mol. The fraction of sp³-hybridized carbons (Fsp3) is 0.100. The number of fused-ring (bicyclic) bond motifs is 1. The molecule has 7 nitrogen and oxygen atoms in total. The molecule has 1 amide bonds. The number of ketones is 1. The van der Waals surface area contributed by atoms with Crippen LogP contribution < -0.4 is 10.7 Å². The highest BCUT2D eigenvalue weighted by molar-refractivity contribution is 6.04. The number of para-hydroxylation sites is 1. The van der Waals surface area contributed by atoms with Gasteiger partial charge >= 0.3 is 0 Å². The first-order chi connectivity index (χ1) is 12.9. The summed E-state index contributed by atoms with van der Waals surface area (Å²) in [4.78, 5) is 36.1. The highest BCUT2D eigenvalue weighted by Crippen LogP contribution is 2.26. The van der Waals surface area contributed by atoms with Crippen molar-refractivity contribution in [3.05, 3.63) is 69.3 Å². The second kappa shape index (κ2) is 7.14. The van der Waals surface area contributed by atoms with Crippen LogP contribution in [0.5, 0.6) is 0 Å². The minimum absolute atomic E-state index is 0.0352. The lowest BCUT2D eigenvalue weighted by Gasteiger charge is -1.99. The molecule has 0 aliphatic carbocycles. The zero-order valence-corrected chi connectivity index (χ0v) is 14.5. The fourth-order valence-corrected chi connectivity index (χ4v) is 2.69. The summed E-state index contributed by atoms with van der Waals surface area (Å²) in [5, 5.41) is 12.0. The molecule has 0 aliphatic rings. The Morgan fingerprint density at radius 2 is 2.00 bits per heavy atom. The van der Waals surface area contributed by atoms with E-state index < -0.39 is 5.91 Å². The SMILES string of the molecule is CC(=O)c1c(C)oc(NC(=O)/C=C/c2coc3ccccc3c2=O)c1C#N. The zero-order valence-electron chi connectivity index (χ0n) is 14.5. The summed E-state index contributed by atoms with van der Waals surface area (Å²) < 4.78 is 10.7. The number of carbonyl (C=O) groups is 2. The van der Waals surface area contributed by atoms with Gasteiger partial charge in [0.05, 0.1) is 16.5 Å². The normalized spacial score (nSPS) is 10.9. The molecule has 0 radical (unpaired) electrons. The number of Topliss-reactive ketones (excluding diaryl/α,β-unsaturated/α-hetero) is 1. The standard InChI is InChI=1S/C20H14N2O5/c1-11(23)18-12(2)27-20(15(18)9-21)22-17(24)8-7-13-10-26-16-6-4-3-5-14(16)19(13)25/h3-8,10H,1-2H3,(H,22,24)/b8-7+. The lowest BCUT2D eigenvalue weighted by atomic mass is 10.1. The number of hydrogen-bond acceptors (Lipinski definition) is 6. The van der Waals surface area contributed by atoms with Crippen LogP contribution in [0.3, 0.4) is 0 Å². The second-order valence-electron chi connectivity index (χ2n) is 5.74. The third-order valence-electron chi connectivity index (χ3n) is 3.91. The maximum absolute atomic E-state index is 12.4. The Morgan fingerprint density at radius 1 is 1.26 bits per heavy atom. The highest BCUT2D eigenvalue weighted by Gasteiger charge is 2.21. The van der Waals surface area contributed by atoms with E-state index in [1.54, 1.807) is 24.3 Å². The topological polar surface area (TPSA) is 113 Å². The summed E-state index contributed by atoms with van der Waals surface area (Å²) in [5.41, 5.74) is 0.472. The Kier molecular flexibility index (Phi) is 4.73. The van der Waals surface area contributed by atoms with Gasteiger partial charge in [0.15, 0.2) is 11.2 Å². The lowest BCUT2D eigenvalue weighted by molar-refractivity contribution is -0.111. The van der Waals surface area contributed by atoms with E-state index in [-0.39, 0.29) is 39.5 Å². The summed E-state index contributed by atoms with van der Waals surface area (Å²) in [6.07, 6.45) is 3.69. The van der Waals surface area contributed by atoms with Gasteiger partial charge in [0, 0.05) is 6.08 Å². The van der Waals surface area contributed by atoms with Crippen molar-refractivity contribution in [2.75, 3.05) is 5.32 Å². The molecule has 0 fully saturated rings. The van der Waals surface area contributed by atoms with Crippen LogP contribution in [0.2, 0.25) is 0 Å². The first kappa shape index (κ1) is 17.9. The molecule has 1 N–H and O–H groups in total. The van der Waals surface area contributed by atoms with Gasteiger partial charge in [-0.1, -0.05) is 12.1 Å². The minimum atomic E-state index is -0.622. The highest BCUT2D eigenvalue weighted by atomic mass is 16.4. The molecule has 3 aromatic rings. The smallest absolute Gasteiger partial charge is 0.250 e. The summed E-state index contributed by atoms with van der Waals surface area (Å²) in [7, 11) is 0. The Bertz CT molecular complexity index is 1190. The Hall–Kier alpha value is -3.92. The molecular formula is C20H14N2O5. The molecule has 7 heteroatoms. The Labute approximate surface area is 153 Å². The Balaban J connectivity index is 1.86. The van der Waals surface area contributed by atoms with E-state index in [0.717, 1.165) is 6.08 Å². The van der Waals surface area contributed by atoms with Crippen molar-refractivity contribution in [1.82, 2.24) is 0 Å². The average molecular weight is 362 g/mol. The number of amides is 1. The van der Waals surface area contributed by atoms with E-state index in [1.807, 2.05) is 6.07 Å². The second-order valence-corrected chi connectivity index (χ2v) is 5.74. The molecule has 0 aliphatic heterocycles. The van der Waals surface area contributed by atoms with E-state index >= 15 is 0 Å². The summed E-state index contributed by atoms with van der Waals surface area (Å²) in [5.74, 6) is -0.825. The molecule has 2 heterocycles. The van der Waals surface area contributed by atoms with Crippen molar-refractivity contribution in [1.29, 1.82) is 5.26 Å². The molecule has 1 aromatic carbocycles. The molecule has 3 rings (SSSR count). The number of benzene rings is 1. The van der Waals surface area contributed by atoms with Crippen molar-refractivity contribution in [2.24, 2.45) is 0 Å². The van der Waals surface area contributed by atoms with Crippen molar-refractivity contribution in [2.45, 2.75) is 13.8 Å². The zero-order chi connectivity index (χ0) is 19.6. The van der Waals surface area contributed by atoms with E-state index in [1.165, 1.54) is 26.2 Å². The first-order valence-corrected chi connectivity index (χ1v) is 7.96. The maximum Gasteiger partial charge on any atom is 0.250 e. The largest absolute Gasteiger partial charge is 0.463 e. The Morgan fingerprint density at radius 3 is 2.70 bits per heavy atom. The predicted octanol–water partition coefficient (Wildman–Crippen LogP) is 3.42. The van der Waals surface area contributed by atoms with E-state index in [9.17, 15) is 19.6 Å². The van der Waals surface area contributed by atoms with Gasteiger partial charge in [0.25, 0.3) is 5.91 Å². The number of nitriles is 1. The quantitative estimate of drug-likeness (QED) is 0.562. The molecule has 0 bridgehead atoms. The van der Waals surface area contributed by atoms with Gasteiger partial charge in [-0.15, -0.1) is 0 Å². The van der Waals surface area contributed by atoms with Gasteiger partial charge in [-0.2, -0.15) is 5.26 Å². The molecule has 0 saturated carbocycles. The minimum Gasteiger partial charge on any atom is -0.463 e. The van der Waals surface area contributed by atoms with Crippen molar-refractivity contribution in [3.8, 4) is 6.07 Å². The molecule has 0 unspecified atom stereocenters. The fourth-order valence-electron chi connectivity index (χ4n) is 2.69. The summed E-state index contributed by atoms with van der Waals surface area (Å²) in [6, 6.07) is 8.63. The van der Waals surface area contributed by atoms with Crippen LogP contribution in [0, 0.1) is 18.3 Å². The van der Waals surface area contributed by atoms with E-state index in [2.05, 4.69) is 5.32 Å². The van der Waals surface area contributed by atoms with Gasteiger partial charge in [-0.25, -0.2) is 0 Å². The predicted molar refractivity (Wildman–Crippen MR) is 98.3 cm³/mol. The summed E-state index contributed by atoms with van der Waals surface area (Å²) in [6.45, 7) is 2.84. The molecule has 27 heavy (non-hydrogen) atoms. The average Bonchev–Trinajstić information content (AvgIpc) is 2.96. The maximum atomic E-state index is 12.4. The number of carbonyl (C=O) groups excluding carboxylic acids is 2. The van der Waals surface area contributed by atoms with Gasteiger partial charge < -0.3 is 8.83 Å². The van der Waals surface area contributed by atoms with Gasteiger partial charge in [0.1, 0.15) is 29.2 Å². The van der Waals surface area contributed by atoms with Gasteiger partial charge in [-0.3, -0.25) is 19.7 Å². The van der Waals surface area contributed by atoms with Crippen LogP contribution in [0.1, 0.15) is 34.2 Å². The van der Waals surface area contributed by atoms with Crippen LogP contribution in [0.25, 0.3) is 17.0 Å². The third kappa shape index (κ3) is 3.41. The molecule has 134 valence electrons. The van der Waals surface area contributed by atoms with Gasteiger partial charge in [-0.05, 0) is 32.1 Å². The number of furan rings is 1. The van der Waals surface area contributed by atoms with Crippen LogP contribution in [-0.4, -0.2) is 11.7 Å². The molecule has 0 spiro atoms.